The van der Waals surface area contributed by atoms with Gasteiger partial charge in [-0.2, -0.15) is 0 Å². The summed E-state index contributed by atoms with van der Waals surface area (Å²) < 4.78 is 10.7. The molecule has 0 saturated carbocycles. The van der Waals surface area contributed by atoms with E-state index in [-0.39, 0.29) is 6.61 Å². The minimum Gasteiger partial charge on any atom is -0.491 e. The van der Waals surface area contributed by atoms with Crippen LogP contribution in [-0.4, -0.2) is 29.3 Å². The highest BCUT2D eigenvalue weighted by Gasteiger charge is 2.07. The zero-order valence-corrected chi connectivity index (χ0v) is 13.0. The van der Waals surface area contributed by atoms with Crippen LogP contribution in [0.3, 0.4) is 0 Å². The molecule has 1 atom stereocenters. The predicted octanol–water partition coefficient (Wildman–Crippen LogP) is 2.82. The van der Waals surface area contributed by atoms with Crippen LogP contribution in [0, 0.1) is 6.92 Å². The summed E-state index contributed by atoms with van der Waals surface area (Å²) in [6.45, 7) is 2.80. The van der Waals surface area contributed by atoms with E-state index in [0.717, 1.165) is 5.76 Å². The van der Waals surface area contributed by atoms with Crippen molar-refractivity contribution in [2.24, 2.45) is 0 Å². The maximum absolute atomic E-state index is 9.82. The van der Waals surface area contributed by atoms with Crippen molar-refractivity contribution in [3.05, 3.63) is 46.1 Å². The molecule has 0 spiro atoms. The van der Waals surface area contributed by atoms with Crippen LogP contribution >= 0.6 is 23.2 Å². The standard InChI is InChI=1S/C14H16Cl2N2O3/c1-9-5-18-14(21-9)7-17-6-10(19)8-20-11-2-3-12(15)13(16)4-11/h2-5,10,17,19H,6-8H2,1H3. The first-order chi connectivity index (χ1) is 10.0. The Balaban J connectivity index is 1.69. The second-order valence-electron chi connectivity index (χ2n) is 4.54. The van der Waals surface area contributed by atoms with Gasteiger partial charge in [-0.15, -0.1) is 0 Å². The maximum Gasteiger partial charge on any atom is 0.208 e. The van der Waals surface area contributed by atoms with Crippen molar-refractivity contribution in [3.8, 4) is 5.75 Å². The molecular formula is C14H16Cl2N2O3. The van der Waals surface area contributed by atoms with E-state index >= 15 is 0 Å². The van der Waals surface area contributed by atoms with Gasteiger partial charge in [-0.05, 0) is 19.1 Å². The van der Waals surface area contributed by atoms with Crippen LogP contribution in [0.25, 0.3) is 0 Å². The fourth-order valence-electron chi connectivity index (χ4n) is 1.65. The highest BCUT2D eigenvalue weighted by molar-refractivity contribution is 6.42. The largest absolute Gasteiger partial charge is 0.491 e. The lowest BCUT2D eigenvalue weighted by molar-refractivity contribution is 0.105. The van der Waals surface area contributed by atoms with E-state index in [9.17, 15) is 5.11 Å². The van der Waals surface area contributed by atoms with Gasteiger partial charge in [0.25, 0.3) is 0 Å². The molecule has 0 bridgehead atoms. The first kappa shape index (κ1) is 16.1. The number of nitrogens with one attached hydrogen (secondary N) is 1. The fraction of sp³-hybridized carbons (Fsp3) is 0.357. The van der Waals surface area contributed by atoms with Crippen LogP contribution in [0.2, 0.25) is 10.0 Å². The van der Waals surface area contributed by atoms with Crippen molar-refractivity contribution >= 4 is 23.2 Å². The van der Waals surface area contributed by atoms with Crippen LogP contribution in [0.5, 0.6) is 5.75 Å². The fourth-order valence-corrected chi connectivity index (χ4v) is 1.93. The molecule has 0 aliphatic carbocycles. The summed E-state index contributed by atoms with van der Waals surface area (Å²) in [5.41, 5.74) is 0. The SMILES string of the molecule is Cc1cnc(CNCC(O)COc2ccc(Cl)c(Cl)c2)o1. The van der Waals surface area contributed by atoms with Gasteiger partial charge in [0.2, 0.25) is 5.89 Å². The van der Waals surface area contributed by atoms with Gasteiger partial charge in [0.15, 0.2) is 0 Å². The molecule has 1 aromatic carbocycles. The lowest BCUT2D eigenvalue weighted by atomic mass is 10.3. The molecule has 21 heavy (non-hydrogen) atoms. The summed E-state index contributed by atoms with van der Waals surface area (Å²) in [5.74, 6) is 1.91. The Labute approximate surface area is 132 Å². The second-order valence-corrected chi connectivity index (χ2v) is 5.35. The van der Waals surface area contributed by atoms with Crippen molar-refractivity contribution in [1.82, 2.24) is 10.3 Å². The Kier molecular flexibility index (Phi) is 5.87. The van der Waals surface area contributed by atoms with Crippen LogP contribution in [-0.2, 0) is 6.54 Å². The van der Waals surface area contributed by atoms with Gasteiger partial charge in [-0.3, -0.25) is 0 Å². The van der Waals surface area contributed by atoms with Crippen molar-refractivity contribution in [3.63, 3.8) is 0 Å². The zero-order chi connectivity index (χ0) is 15.2. The highest BCUT2D eigenvalue weighted by atomic mass is 35.5. The molecule has 0 radical (unpaired) electrons. The predicted molar refractivity (Wildman–Crippen MR) is 80.9 cm³/mol. The first-order valence-corrected chi connectivity index (χ1v) is 7.18. The van der Waals surface area contributed by atoms with Crippen LogP contribution < -0.4 is 10.1 Å². The molecule has 1 unspecified atom stereocenters. The van der Waals surface area contributed by atoms with E-state index in [2.05, 4.69) is 10.3 Å². The van der Waals surface area contributed by atoms with Crippen molar-refractivity contribution < 1.29 is 14.3 Å². The number of halogens is 2. The number of hydrogen-bond donors (Lipinski definition) is 2. The number of oxazole rings is 1. The van der Waals surface area contributed by atoms with Gasteiger partial charge in [-0.25, -0.2) is 4.98 Å². The monoisotopic (exact) mass is 330 g/mol. The zero-order valence-electron chi connectivity index (χ0n) is 11.5. The quantitative estimate of drug-likeness (QED) is 0.817. The average molecular weight is 331 g/mol. The molecule has 2 rings (SSSR count). The second kappa shape index (κ2) is 7.66. The maximum atomic E-state index is 9.82. The van der Waals surface area contributed by atoms with Gasteiger partial charge in [-0.1, -0.05) is 23.2 Å². The summed E-state index contributed by atoms with van der Waals surface area (Å²) in [6, 6.07) is 4.96. The molecule has 0 saturated heterocycles. The average Bonchev–Trinajstić information content (AvgIpc) is 2.86. The Hall–Kier alpha value is -1.27. The van der Waals surface area contributed by atoms with Crippen molar-refractivity contribution in [2.45, 2.75) is 19.6 Å². The van der Waals surface area contributed by atoms with Gasteiger partial charge < -0.3 is 19.6 Å². The van der Waals surface area contributed by atoms with E-state index in [0.29, 0.717) is 34.8 Å². The van der Waals surface area contributed by atoms with Crippen LogP contribution in [0.4, 0.5) is 0 Å². The van der Waals surface area contributed by atoms with Gasteiger partial charge in [0, 0.05) is 12.6 Å². The first-order valence-electron chi connectivity index (χ1n) is 6.42. The molecule has 0 fully saturated rings. The minimum absolute atomic E-state index is 0.148. The van der Waals surface area contributed by atoms with E-state index in [1.165, 1.54) is 0 Å². The smallest absolute Gasteiger partial charge is 0.208 e. The van der Waals surface area contributed by atoms with Gasteiger partial charge in [0.05, 0.1) is 22.8 Å². The third-order valence-electron chi connectivity index (χ3n) is 2.66. The summed E-state index contributed by atoms with van der Waals surface area (Å²) in [4.78, 5) is 4.05. The van der Waals surface area contributed by atoms with E-state index in [4.69, 9.17) is 32.4 Å². The van der Waals surface area contributed by atoms with Crippen LogP contribution in [0.15, 0.2) is 28.8 Å². The van der Waals surface area contributed by atoms with E-state index in [1.54, 1.807) is 24.4 Å². The number of aromatic nitrogens is 1. The topological polar surface area (TPSA) is 67.5 Å². The molecule has 7 heteroatoms. The Morgan fingerprint density at radius 3 is 2.86 bits per heavy atom. The van der Waals surface area contributed by atoms with Gasteiger partial charge >= 0.3 is 0 Å². The number of rotatable bonds is 7. The molecule has 0 aliphatic heterocycles. The minimum atomic E-state index is -0.657. The number of ether oxygens (including phenoxy) is 1. The number of aliphatic hydroxyl groups excluding tert-OH is 1. The van der Waals surface area contributed by atoms with Crippen molar-refractivity contribution in [2.75, 3.05) is 13.2 Å². The molecule has 0 aliphatic rings. The molecule has 114 valence electrons. The number of aliphatic hydroxyl groups is 1. The number of hydrogen-bond acceptors (Lipinski definition) is 5. The summed E-state index contributed by atoms with van der Waals surface area (Å²) in [7, 11) is 0. The third kappa shape index (κ3) is 5.21. The molecule has 1 aromatic heterocycles. The molecular weight excluding hydrogens is 315 g/mol. The summed E-state index contributed by atoms with van der Waals surface area (Å²) in [5, 5.41) is 13.7. The Morgan fingerprint density at radius 2 is 2.19 bits per heavy atom. The molecule has 2 N–H and O–H groups in total. The summed E-state index contributed by atoms with van der Waals surface area (Å²) in [6.07, 6.45) is 0.997. The van der Waals surface area contributed by atoms with Gasteiger partial charge in [0.1, 0.15) is 24.2 Å². The molecule has 2 aromatic rings. The Morgan fingerprint density at radius 1 is 1.38 bits per heavy atom. The lowest BCUT2D eigenvalue weighted by Crippen LogP contribution is -2.31. The van der Waals surface area contributed by atoms with Crippen molar-refractivity contribution in [1.29, 1.82) is 0 Å². The molecule has 1 heterocycles. The number of nitrogens with zero attached hydrogens (tertiary/aromatic N) is 1. The third-order valence-corrected chi connectivity index (χ3v) is 3.40. The highest BCUT2D eigenvalue weighted by Crippen LogP contribution is 2.26. The normalized spacial score (nSPS) is 12.4. The number of aryl methyl sites for hydroxylation is 1. The molecule has 0 amide bonds. The Bertz CT molecular complexity index is 589. The van der Waals surface area contributed by atoms with Crippen LogP contribution in [0.1, 0.15) is 11.7 Å². The molecule has 5 nitrogen and oxygen atoms in total. The van der Waals surface area contributed by atoms with E-state index in [1.807, 2.05) is 6.92 Å². The van der Waals surface area contributed by atoms with E-state index < -0.39 is 6.10 Å². The lowest BCUT2D eigenvalue weighted by Gasteiger charge is -2.13. The summed E-state index contributed by atoms with van der Waals surface area (Å²) >= 11 is 11.7. The number of benzene rings is 1.